The molecule has 5 nitrogen and oxygen atoms in total. The van der Waals surface area contributed by atoms with Gasteiger partial charge in [-0.1, -0.05) is 0 Å². The van der Waals surface area contributed by atoms with Gasteiger partial charge in [-0.25, -0.2) is 0 Å². The van der Waals surface area contributed by atoms with Crippen LogP contribution in [0.15, 0.2) is 12.3 Å². The van der Waals surface area contributed by atoms with Crippen molar-refractivity contribution >= 4 is 5.91 Å². The van der Waals surface area contributed by atoms with E-state index in [1.165, 1.54) is 0 Å². The minimum atomic E-state index is -0.0765. The molecule has 2 atom stereocenters. The maximum Gasteiger partial charge on any atom is 0.269 e. The lowest BCUT2D eigenvalue weighted by atomic mass is 10.1. The summed E-state index contributed by atoms with van der Waals surface area (Å²) in [5, 5.41) is 7.06. The number of hydrogen-bond acceptors (Lipinski definition) is 3. The lowest BCUT2D eigenvalue weighted by Gasteiger charge is -2.20. The van der Waals surface area contributed by atoms with Crippen molar-refractivity contribution < 1.29 is 9.53 Å². The van der Waals surface area contributed by atoms with Gasteiger partial charge in [0.05, 0.1) is 12.1 Å². The zero-order valence-electron chi connectivity index (χ0n) is 10.3. The Morgan fingerprint density at radius 3 is 3.24 bits per heavy atom. The third-order valence-corrected chi connectivity index (χ3v) is 3.13. The van der Waals surface area contributed by atoms with Crippen LogP contribution in [0.5, 0.6) is 0 Å². The van der Waals surface area contributed by atoms with E-state index in [1.807, 2.05) is 13.8 Å². The first kappa shape index (κ1) is 12.1. The lowest BCUT2D eigenvalue weighted by Crippen LogP contribution is -2.41. The van der Waals surface area contributed by atoms with Crippen LogP contribution in [0.1, 0.15) is 37.2 Å². The molecule has 5 heteroatoms. The number of ether oxygens (including phenoxy) is 1. The Kier molecular flexibility index (Phi) is 3.78. The summed E-state index contributed by atoms with van der Waals surface area (Å²) in [7, 11) is 0. The van der Waals surface area contributed by atoms with Crippen LogP contribution in [0.25, 0.3) is 0 Å². The molecule has 17 heavy (non-hydrogen) atoms. The van der Waals surface area contributed by atoms with Crippen LogP contribution in [0.3, 0.4) is 0 Å². The number of aromatic nitrogens is 2. The molecule has 0 bridgehead atoms. The fourth-order valence-electron chi connectivity index (χ4n) is 2.15. The molecule has 0 spiro atoms. The van der Waals surface area contributed by atoms with Gasteiger partial charge in [-0.15, -0.1) is 0 Å². The van der Waals surface area contributed by atoms with Crippen molar-refractivity contribution in [2.45, 2.75) is 45.4 Å². The number of rotatable bonds is 4. The highest BCUT2D eigenvalue weighted by molar-refractivity contribution is 5.92. The first-order valence-corrected chi connectivity index (χ1v) is 6.16. The second kappa shape index (κ2) is 5.31. The molecule has 0 radical (unpaired) electrons. The van der Waals surface area contributed by atoms with Crippen LogP contribution in [-0.4, -0.2) is 34.4 Å². The average molecular weight is 237 g/mol. The Bertz CT molecular complexity index is 383. The molecule has 0 unspecified atom stereocenters. The smallest absolute Gasteiger partial charge is 0.269 e. The Morgan fingerprint density at radius 1 is 1.76 bits per heavy atom. The van der Waals surface area contributed by atoms with Gasteiger partial charge >= 0.3 is 0 Å². The molecular formula is C12H19N3O2. The predicted molar refractivity (Wildman–Crippen MR) is 63.8 cm³/mol. The molecule has 1 aliphatic heterocycles. The summed E-state index contributed by atoms with van der Waals surface area (Å²) in [6.45, 7) is 5.45. The number of amides is 1. The monoisotopic (exact) mass is 237 g/mol. The number of nitrogens with one attached hydrogen (secondary N) is 1. The van der Waals surface area contributed by atoms with Gasteiger partial charge in [0.1, 0.15) is 5.69 Å². The van der Waals surface area contributed by atoms with Crippen molar-refractivity contribution in [3.8, 4) is 0 Å². The minimum Gasteiger partial charge on any atom is -0.376 e. The van der Waals surface area contributed by atoms with E-state index >= 15 is 0 Å². The highest BCUT2D eigenvalue weighted by Gasteiger charge is 2.24. The summed E-state index contributed by atoms with van der Waals surface area (Å²) in [6, 6.07) is 1.78. The SMILES string of the molecule is CCn1nccc1C(=O)N[C@H](C)[C@@H]1CCCO1. The van der Waals surface area contributed by atoms with Gasteiger partial charge in [0.25, 0.3) is 5.91 Å². The lowest BCUT2D eigenvalue weighted by molar-refractivity contribution is 0.0706. The third kappa shape index (κ3) is 2.66. The van der Waals surface area contributed by atoms with Gasteiger partial charge in [0.2, 0.25) is 0 Å². The normalized spacial score (nSPS) is 21.4. The van der Waals surface area contributed by atoms with Crippen LogP contribution in [0.4, 0.5) is 0 Å². The fourth-order valence-corrected chi connectivity index (χ4v) is 2.15. The van der Waals surface area contributed by atoms with Crippen LogP contribution in [0.2, 0.25) is 0 Å². The van der Waals surface area contributed by atoms with E-state index in [-0.39, 0.29) is 18.1 Å². The van der Waals surface area contributed by atoms with E-state index < -0.39 is 0 Å². The molecule has 0 aliphatic carbocycles. The molecule has 1 saturated heterocycles. The van der Waals surface area contributed by atoms with Crippen molar-refractivity contribution in [3.05, 3.63) is 18.0 Å². The predicted octanol–water partition coefficient (Wildman–Crippen LogP) is 1.20. The molecule has 1 fully saturated rings. The van der Waals surface area contributed by atoms with Gasteiger partial charge in [0.15, 0.2) is 0 Å². The number of aryl methyl sites for hydroxylation is 1. The van der Waals surface area contributed by atoms with E-state index in [0.29, 0.717) is 12.2 Å². The van der Waals surface area contributed by atoms with E-state index in [1.54, 1.807) is 16.9 Å². The number of carbonyl (C=O) groups is 1. The second-order valence-corrected chi connectivity index (χ2v) is 4.35. The van der Waals surface area contributed by atoms with E-state index in [4.69, 9.17) is 4.74 Å². The third-order valence-electron chi connectivity index (χ3n) is 3.13. The summed E-state index contributed by atoms with van der Waals surface area (Å²) in [5.74, 6) is -0.0765. The van der Waals surface area contributed by atoms with E-state index in [2.05, 4.69) is 10.4 Å². The van der Waals surface area contributed by atoms with Crippen LogP contribution < -0.4 is 5.32 Å². The quantitative estimate of drug-likeness (QED) is 0.856. The summed E-state index contributed by atoms with van der Waals surface area (Å²) < 4.78 is 7.24. The topological polar surface area (TPSA) is 56.2 Å². The standard InChI is InChI=1S/C12H19N3O2/c1-3-15-10(6-7-13-15)12(16)14-9(2)11-5-4-8-17-11/h6-7,9,11H,3-5,8H2,1-2H3,(H,14,16)/t9-,11+/m1/s1. The van der Waals surface area contributed by atoms with Crippen LogP contribution >= 0.6 is 0 Å². The van der Waals surface area contributed by atoms with Gasteiger partial charge in [0, 0.05) is 19.3 Å². The summed E-state index contributed by atoms with van der Waals surface area (Å²) >= 11 is 0. The number of nitrogens with zero attached hydrogens (tertiary/aromatic N) is 2. The van der Waals surface area contributed by atoms with E-state index in [9.17, 15) is 4.79 Å². The Balaban J connectivity index is 1.96. The van der Waals surface area contributed by atoms with Gasteiger partial charge in [-0.3, -0.25) is 9.48 Å². The zero-order valence-corrected chi connectivity index (χ0v) is 10.3. The average Bonchev–Trinajstić information content (AvgIpc) is 2.99. The molecular weight excluding hydrogens is 218 g/mol. The summed E-state index contributed by atoms with van der Waals surface area (Å²) in [4.78, 5) is 12.0. The van der Waals surface area contributed by atoms with Crippen molar-refractivity contribution in [2.75, 3.05) is 6.61 Å². The molecule has 1 N–H and O–H groups in total. The van der Waals surface area contributed by atoms with Crippen molar-refractivity contribution in [1.29, 1.82) is 0 Å². The molecule has 2 heterocycles. The first-order chi connectivity index (χ1) is 8.22. The zero-order chi connectivity index (χ0) is 12.3. The molecule has 1 aromatic heterocycles. The van der Waals surface area contributed by atoms with Crippen molar-refractivity contribution in [1.82, 2.24) is 15.1 Å². The van der Waals surface area contributed by atoms with Crippen LogP contribution in [-0.2, 0) is 11.3 Å². The largest absolute Gasteiger partial charge is 0.376 e. The van der Waals surface area contributed by atoms with Gasteiger partial charge in [-0.05, 0) is 32.8 Å². The van der Waals surface area contributed by atoms with Crippen molar-refractivity contribution in [2.24, 2.45) is 0 Å². The van der Waals surface area contributed by atoms with Crippen molar-refractivity contribution in [3.63, 3.8) is 0 Å². The summed E-state index contributed by atoms with van der Waals surface area (Å²) in [5.41, 5.74) is 0.609. The molecule has 94 valence electrons. The number of hydrogen-bond donors (Lipinski definition) is 1. The van der Waals surface area contributed by atoms with Gasteiger partial charge < -0.3 is 10.1 Å². The molecule has 0 saturated carbocycles. The maximum absolute atomic E-state index is 12.0. The summed E-state index contributed by atoms with van der Waals surface area (Å²) in [6.07, 6.45) is 3.90. The molecule has 1 amide bonds. The Morgan fingerprint density at radius 2 is 2.59 bits per heavy atom. The van der Waals surface area contributed by atoms with Crippen LogP contribution in [0, 0.1) is 0 Å². The first-order valence-electron chi connectivity index (χ1n) is 6.16. The Hall–Kier alpha value is -1.36. The Labute approximate surface area is 101 Å². The minimum absolute atomic E-state index is 0.0465. The molecule has 2 rings (SSSR count). The van der Waals surface area contributed by atoms with E-state index in [0.717, 1.165) is 19.4 Å². The fraction of sp³-hybridized carbons (Fsp3) is 0.667. The highest BCUT2D eigenvalue weighted by Crippen LogP contribution is 2.15. The maximum atomic E-state index is 12.0. The van der Waals surface area contributed by atoms with Gasteiger partial charge in [-0.2, -0.15) is 5.10 Å². The molecule has 0 aromatic carbocycles. The highest BCUT2D eigenvalue weighted by atomic mass is 16.5. The molecule has 1 aromatic rings. The second-order valence-electron chi connectivity index (χ2n) is 4.35. The number of carbonyl (C=O) groups excluding carboxylic acids is 1. The molecule has 1 aliphatic rings.